The van der Waals surface area contributed by atoms with Gasteiger partial charge in [0.05, 0.1) is 19.4 Å². The average Bonchev–Trinajstić information content (AvgIpc) is 3.32. The predicted molar refractivity (Wildman–Crippen MR) is 111 cm³/mol. The van der Waals surface area contributed by atoms with Gasteiger partial charge in [-0.3, -0.25) is 14.4 Å². The van der Waals surface area contributed by atoms with Gasteiger partial charge in [-0.25, -0.2) is 4.68 Å². The molecule has 0 spiro atoms. The van der Waals surface area contributed by atoms with Gasteiger partial charge in [0, 0.05) is 19.2 Å². The normalized spacial score (nSPS) is 16.3. The number of rotatable bonds is 7. The van der Waals surface area contributed by atoms with E-state index >= 15 is 0 Å². The third-order valence-corrected chi connectivity index (χ3v) is 4.96. The summed E-state index contributed by atoms with van der Waals surface area (Å²) in [6.07, 6.45) is 1.53. The van der Waals surface area contributed by atoms with Gasteiger partial charge in [-0.2, -0.15) is 5.10 Å². The van der Waals surface area contributed by atoms with Crippen LogP contribution < -0.4 is 10.9 Å². The number of furan rings is 1. The van der Waals surface area contributed by atoms with Gasteiger partial charge in [-0.15, -0.1) is 0 Å². The Hall–Kier alpha value is -3.72. The monoisotopic (exact) mass is 422 g/mol. The maximum Gasteiger partial charge on any atom is 0.266 e. The van der Waals surface area contributed by atoms with E-state index in [4.69, 9.17) is 9.15 Å². The van der Waals surface area contributed by atoms with E-state index in [0.717, 1.165) is 5.56 Å². The standard InChI is InChI=1S/C22H22N4O5/c27-20-9-8-17(19-7-4-12-31-19)24-26(20)11-10-23-22(29)18-14-30-15-21(28)25(18)13-16-5-2-1-3-6-16/h1-9,12,18H,10-11,13-15H2,(H,23,29). The van der Waals surface area contributed by atoms with Gasteiger partial charge < -0.3 is 19.4 Å². The van der Waals surface area contributed by atoms with Crippen LogP contribution in [0.15, 0.2) is 70.1 Å². The van der Waals surface area contributed by atoms with Gasteiger partial charge in [0.25, 0.3) is 5.56 Å². The molecule has 9 nitrogen and oxygen atoms in total. The van der Waals surface area contributed by atoms with Gasteiger partial charge in [0.1, 0.15) is 18.3 Å². The van der Waals surface area contributed by atoms with Gasteiger partial charge in [0.15, 0.2) is 5.76 Å². The molecule has 1 aliphatic heterocycles. The minimum atomic E-state index is -0.736. The van der Waals surface area contributed by atoms with Crippen molar-refractivity contribution in [1.82, 2.24) is 20.0 Å². The summed E-state index contributed by atoms with van der Waals surface area (Å²) >= 11 is 0. The minimum Gasteiger partial charge on any atom is -0.463 e. The number of carbonyl (C=O) groups excluding carboxylic acids is 2. The Kier molecular flexibility index (Phi) is 6.23. The topological polar surface area (TPSA) is 107 Å². The van der Waals surface area contributed by atoms with Crippen LogP contribution in [0.4, 0.5) is 0 Å². The molecule has 1 aliphatic rings. The van der Waals surface area contributed by atoms with Crippen LogP contribution in [-0.4, -0.2) is 52.3 Å². The first-order chi connectivity index (χ1) is 15.1. The van der Waals surface area contributed by atoms with Crippen molar-refractivity contribution in [2.45, 2.75) is 19.1 Å². The third-order valence-electron chi connectivity index (χ3n) is 4.96. The fourth-order valence-electron chi connectivity index (χ4n) is 3.37. The van der Waals surface area contributed by atoms with Crippen molar-refractivity contribution in [2.24, 2.45) is 0 Å². The minimum absolute atomic E-state index is 0.0461. The average molecular weight is 422 g/mol. The first-order valence-electron chi connectivity index (χ1n) is 9.93. The Morgan fingerprint density at radius 3 is 2.71 bits per heavy atom. The summed E-state index contributed by atoms with van der Waals surface area (Å²) in [5.41, 5.74) is 1.17. The molecule has 2 aromatic heterocycles. The van der Waals surface area contributed by atoms with E-state index in [1.165, 1.54) is 21.9 Å². The van der Waals surface area contributed by atoms with Gasteiger partial charge in [-0.1, -0.05) is 30.3 Å². The lowest BCUT2D eigenvalue weighted by Crippen LogP contribution is -2.56. The number of morpholine rings is 1. The summed E-state index contributed by atoms with van der Waals surface area (Å²) in [7, 11) is 0. The van der Waals surface area contributed by atoms with E-state index < -0.39 is 6.04 Å². The molecule has 3 heterocycles. The predicted octanol–water partition coefficient (Wildman–Crippen LogP) is 1.05. The third kappa shape index (κ3) is 4.89. The smallest absolute Gasteiger partial charge is 0.266 e. The summed E-state index contributed by atoms with van der Waals surface area (Å²) in [6.45, 7) is 0.760. The number of nitrogens with one attached hydrogen (secondary N) is 1. The van der Waals surface area contributed by atoms with Crippen LogP contribution in [0.2, 0.25) is 0 Å². The van der Waals surface area contributed by atoms with Gasteiger partial charge in [0.2, 0.25) is 11.8 Å². The van der Waals surface area contributed by atoms with Crippen LogP contribution in [0, 0.1) is 0 Å². The van der Waals surface area contributed by atoms with Crippen molar-refractivity contribution >= 4 is 11.8 Å². The number of aromatic nitrogens is 2. The maximum absolute atomic E-state index is 12.8. The molecule has 31 heavy (non-hydrogen) atoms. The van der Waals surface area contributed by atoms with Crippen LogP contribution in [0.5, 0.6) is 0 Å². The van der Waals surface area contributed by atoms with Crippen molar-refractivity contribution in [3.8, 4) is 11.5 Å². The Morgan fingerprint density at radius 1 is 1.10 bits per heavy atom. The van der Waals surface area contributed by atoms with E-state index in [0.29, 0.717) is 18.0 Å². The van der Waals surface area contributed by atoms with Crippen molar-refractivity contribution in [1.29, 1.82) is 0 Å². The zero-order valence-corrected chi connectivity index (χ0v) is 16.8. The summed E-state index contributed by atoms with van der Waals surface area (Å²) in [5, 5.41) is 7.06. The van der Waals surface area contributed by atoms with Crippen LogP contribution in [0.3, 0.4) is 0 Å². The van der Waals surface area contributed by atoms with Crippen LogP contribution in [0.25, 0.3) is 11.5 Å². The molecular weight excluding hydrogens is 400 g/mol. The number of amides is 2. The zero-order chi connectivity index (χ0) is 21.6. The van der Waals surface area contributed by atoms with Crippen LogP contribution in [-0.2, 0) is 27.4 Å². The second-order valence-electron chi connectivity index (χ2n) is 7.09. The lowest BCUT2D eigenvalue weighted by Gasteiger charge is -2.34. The molecule has 0 aliphatic carbocycles. The van der Waals surface area contributed by atoms with Crippen molar-refractivity contribution < 1.29 is 18.7 Å². The lowest BCUT2D eigenvalue weighted by molar-refractivity contribution is -0.155. The first kappa shape index (κ1) is 20.5. The number of carbonyl (C=O) groups is 2. The van der Waals surface area contributed by atoms with E-state index in [-0.39, 0.29) is 43.7 Å². The number of hydrogen-bond donors (Lipinski definition) is 1. The van der Waals surface area contributed by atoms with E-state index in [9.17, 15) is 14.4 Å². The molecule has 2 amide bonds. The summed E-state index contributed by atoms with van der Waals surface area (Å²) in [4.78, 5) is 38.8. The highest BCUT2D eigenvalue weighted by molar-refractivity contribution is 5.89. The Morgan fingerprint density at radius 2 is 1.94 bits per heavy atom. The highest BCUT2D eigenvalue weighted by Gasteiger charge is 2.33. The van der Waals surface area contributed by atoms with Crippen molar-refractivity contribution in [3.63, 3.8) is 0 Å². The highest BCUT2D eigenvalue weighted by atomic mass is 16.5. The molecule has 1 aromatic carbocycles. The first-order valence-corrected chi connectivity index (χ1v) is 9.93. The molecule has 1 atom stereocenters. The number of ether oxygens (including phenoxy) is 1. The zero-order valence-electron chi connectivity index (χ0n) is 16.8. The highest BCUT2D eigenvalue weighted by Crippen LogP contribution is 2.15. The SMILES string of the molecule is O=C(NCCn1nc(-c2ccco2)ccc1=O)C1COCC(=O)N1Cc1ccccc1. The molecule has 160 valence electrons. The second-order valence-corrected chi connectivity index (χ2v) is 7.09. The Labute approximate surface area is 178 Å². The number of benzene rings is 1. The summed E-state index contributed by atoms with van der Waals surface area (Å²) < 4.78 is 11.9. The molecule has 4 rings (SSSR count). The summed E-state index contributed by atoms with van der Waals surface area (Å²) in [5.74, 6) is -0.0225. The fourth-order valence-corrected chi connectivity index (χ4v) is 3.37. The quantitative estimate of drug-likeness (QED) is 0.610. The molecule has 0 bridgehead atoms. The molecule has 1 saturated heterocycles. The van der Waals surface area contributed by atoms with Crippen LogP contribution in [0.1, 0.15) is 5.56 Å². The molecule has 1 fully saturated rings. The van der Waals surface area contributed by atoms with Crippen LogP contribution >= 0.6 is 0 Å². The van der Waals surface area contributed by atoms with Crippen molar-refractivity contribution in [2.75, 3.05) is 19.8 Å². The van der Waals surface area contributed by atoms with E-state index in [2.05, 4.69) is 10.4 Å². The van der Waals surface area contributed by atoms with E-state index in [1.807, 2.05) is 30.3 Å². The Bertz CT molecular complexity index is 1090. The second kappa shape index (κ2) is 9.40. The fraction of sp³-hybridized carbons (Fsp3) is 0.273. The molecule has 0 radical (unpaired) electrons. The molecule has 1 N–H and O–H groups in total. The number of hydrogen-bond acceptors (Lipinski definition) is 6. The van der Waals surface area contributed by atoms with Gasteiger partial charge >= 0.3 is 0 Å². The molecule has 3 aromatic rings. The summed E-state index contributed by atoms with van der Waals surface area (Å²) in [6, 6.07) is 15.2. The maximum atomic E-state index is 12.8. The Balaban J connectivity index is 1.39. The molecule has 9 heteroatoms. The van der Waals surface area contributed by atoms with Gasteiger partial charge in [-0.05, 0) is 23.8 Å². The van der Waals surface area contributed by atoms with E-state index in [1.54, 1.807) is 18.2 Å². The lowest BCUT2D eigenvalue weighted by atomic mass is 10.1. The molecule has 0 saturated carbocycles. The van der Waals surface area contributed by atoms with Crippen molar-refractivity contribution in [3.05, 3.63) is 76.8 Å². The number of nitrogens with zero attached hydrogens (tertiary/aromatic N) is 3. The molecular formula is C22H22N4O5. The largest absolute Gasteiger partial charge is 0.463 e. The molecule has 1 unspecified atom stereocenters.